The summed E-state index contributed by atoms with van der Waals surface area (Å²) in [6.45, 7) is 3.98. The minimum atomic E-state index is -3.52. The molecule has 1 heterocycles. The van der Waals surface area contributed by atoms with Gasteiger partial charge in [-0.1, -0.05) is 77.9 Å². The highest BCUT2D eigenvalue weighted by atomic mass is 32.2. The zero-order valence-electron chi connectivity index (χ0n) is 17.3. The zero-order valence-corrected chi connectivity index (χ0v) is 18.1. The Morgan fingerprint density at radius 2 is 1.30 bits per heavy atom. The Balaban J connectivity index is 0.000000199. The third-order valence-electron chi connectivity index (χ3n) is 4.65. The SMILES string of the molecule is Cc1ccc(-c2cc(-c3ccccc3)nn2C)cc1.Cc1ccc(S(N)(=O)=O)cc1. The Hall–Kier alpha value is -3.22. The van der Waals surface area contributed by atoms with Crippen molar-refractivity contribution in [2.75, 3.05) is 0 Å². The molecule has 0 saturated carbocycles. The van der Waals surface area contributed by atoms with Crippen LogP contribution in [-0.2, 0) is 17.1 Å². The van der Waals surface area contributed by atoms with Crippen LogP contribution < -0.4 is 5.14 Å². The van der Waals surface area contributed by atoms with Crippen LogP contribution in [0.4, 0.5) is 0 Å². The predicted octanol–water partition coefficient (Wildman–Crippen LogP) is 4.70. The van der Waals surface area contributed by atoms with Crippen molar-refractivity contribution in [1.82, 2.24) is 9.78 Å². The quantitative estimate of drug-likeness (QED) is 0.523. The van der Waals surface area contributed by atoms with Gasteiger partial charge in [0.1, 0.15) is 0 Å². The molecular formula is C24H25N3O2S. The van der Waals surface area contributed by atoms with Crippen LogP contribution in [0.5, 0.6) is 0 Å². The van der Waals surface area contributed by atoms with Gasteiger partial charge in [0.25, 0.3) is 0 Å². The molecule has 3 aromatic carbocycles. The summed E-state index contributed by atoms with van der Waals surface area (Å²) in [6, 6.07) is 27.3. The van der Waals surface area contributed by atoms with Gasteiger partial charge in [0.05, 0.1) is 16.3 Å². The molecule has 0 fully saturated rings. The van der Waals surface area contributed by atoms with Gasteiger partial charge in [0, 0.05) is 12.6 Å². The number of primary sulfonamides is 1. The third kappa shape index (κ3) is 5.43. The fourth-order valence-corrected chi connectivity index (χ4v) is 3.46. The number of rotatable bonds is 3. The summed E-state index contributed by atoms with van der Waals surface area (Å²) in [5.41, 5.74) is 6.78. The molecule has 0 unspecified atom stereocenters. The fraction of sp³-hybridized carbons (Fsp3) is 0.125. The Morgan fingerprint density at radius 3 is 1.83 bits per heavy atom. The van der Waals surface area contributed by atoms with Crippen LogP contribution in [0.2, 0.25) is 0 Å². The molecule has 1 aromatic heterocycles. The van der Waals surface area contributed by atoms with Gasteiger partial charge in [-0.3, -0.25) is 4.68 Å². The minimum absolute atomic E-state index is 0.156. The van der Waals surface area contributed by atoms with Crippen molar-refractivity contribution < 1.29 is 8.42 Å². The second-order valence-electron chi connectivity index (χ2n) is 7.13. The molecule has 0 radical (unpaired) electrons. The van der Waals surface area contributed by atoms with Crippen molar-refractivity contribution in [3.05, 3.63) is 96.1 Å². The summed E-state index contributed by atoms with van der Waals surface area (Å²) >= 11 is 0. The summed E-state index contributed by atoms with van der Waals surface area (Å²) in [7, 11) is -1.53. The number of aryl methyl sites for hydroxylation is 3. The van der Waals surface area contributed by atoms with E-state index in [-0.39, 0.29) is 4.90 Å². The van der Waals surface area contributed by atoms with Crippen molar-refractivity contribution >= 4 is 10.0 Å². The number of nitrogens with zero attached hydrogens (tertiary/aromatic N) is 2. The number of benzene rings is 3. The molecule has 0 bridgehead atoms. The first-order valence-corrected chi connectivity index (χ1v) is 11.0. The van der Waals surface area contributed by atoms with Gasteiger partial charge >= 0.3 is 0 Å². The van der Waals surface area contributed by atoms with E-state index in [2.05, 4.69) is 54.5 Å². The lowest BCUT2D eigenvalue weighted by Gasteiger charge is -2.01. The third-order valence-corrected chi connectivity index (χ3v) is 5.58. The van der Waals surface area contributed by atoms with Crippen LogP contribution in [0.1, 0.15) is 11.1 Å². The van der Waals surface area contributed by atoms with Gasteiger partial charge in [-0.15, -0.1) is 0 Å². The Kier molecular flexibility index (Phi) is 6.50. The van der Waals surface area contributed by atoms with Crippen LogP contribution in [0, 0.1) is 13.8 Å². The first-order valence-electron chi connectivity index (χ1n) is 9.50. The number of sulfonamides is 1. The predicted molar refractivity (Wildman–Crippen MR) is 121 cm³/mol. The minimum Gasteiger partial charge on any atom is -0.267 e. The van der Waals surface area contributed by atoms with Gasteiger partial charge < -0.3 is 0 Å². The standard InChI is InChI=1S/C17H16N2.C7H9NO2S/c1-13-8-10-15(11-9-13)17-12-16(18-19(17)2)14-6-4-3-5-7-14;1-6-2-4-7(5-3-6)11(8,9)10/h3-12H,1-2H3;2-5H,1H3,(H2,8,9,10). The summed E-state index contributed by atoms with van der Waals surface area (Å²) in [5, 5.41) is 9.48. The molecule has 0 atom stereocenters. The van der Waals surface area contributed by atoms with E-state index in [1.165, 1.54) is 23.3 Å². The van der Waals surface area contributed by atoms with Crippen molar-refractivity contribution in [2.24, 2.45) is 12.2 Å². The van der Waals surface area contributed by atoms with Crippen LogP contribution in [-0.4, -0.2) is 18.2 Å². The molecular weight excluding hydrogens is 394 g/mol. The topological polar surface area (TPSA) is 78.0 Å². The molecule has 4 rings (SSSR count). The number of hydrogen-bond acceptors (Lipinski definition) is 3. The molecule has 0 amide bonds. The molecule has 0 spiro atoms. The second kappa shape index (κ2) is 9.07. The van der Waals surface area contributed by atoms with E-state index < -0.39 is 10.0 Å². The van der Waals surface area contributed by atoms with E-state index in [9.17, 15) is 8.42 Å². The highest BCUT2D eigenvalue weighted by molar-refractivity contribution is 7.89. The monoisotopic (exact) mass is 419 g/mol. The van der Waals surface area contributed by atoms with Crippen molar-refractivity contribution in [3.63, 3.8) is 0 Å². The normalized spacial score (nSPS) is 10.9. The van der Waals surface area contributed by atoms with E-state index in [1.807, 2.05) is 36.9 Å². The zero-order chi connectivity index (χ0) is 21.7. The highest BCUT2D eigenvalue weighted by Crippen LogP contribution is 2.25. The molecule has 4 aromatic rings. The average molecular weight is 420 g/mol. The number of hydrogen-bond donors (Lipinski definition) is 1. The average Bonchev–Trinajstić information content (AvgIpc) is 3.11. The maximum atomic E-state index is 10.7. The molecule has 154 valence electrons. The molecule has 0 saturated heterocycles. The lowest BCUT2D eigenvalue weighted by Crippen LogP contribution is -2.11. The van der Waals surface area contributed by atoms with Crippen molar-refractivity contribution in [1.29, 1.82) is 0 Å². The molecule has 0 aliphatic heterocycles. The maximum absolute atomic E-state index is 10.7. The molecule has 0 aliphatic carbocycles. The lowest BCUT2D eigenvalue weighted by molar-refractivity contribution is 0.598. The summed E-state index contributed by atoms with van der Waals surface area (Å²) in [5.74, 6) is 0. The fourth-order valence-electron chi connectivity index (χ4n) is 2.94. The van der Waals surface area contributed by atoms with Crippen LogP contribution in [0.3, 0.4) is 0 Å². The van der Waals surface area contributed by atoms with Gasteiger partial charge in [-0.2, -0.15) is 5.10 Å². The Labute approximate surface area is 177 Å². The van der Waals surface area contributed by atoms with Gasteiger partial charge in [0.15, 0.2) is 0 Å². The van der Waals surface area contributed by atoms with E-state index >= 15 is 0 Å². The number of nitrogens with two attached hydrogens (primary N) is 1. The lowest BCUT2D eigenvalue weighted by atomic mass is 10.1. The Bertz CT molecular complexity index is 1210. The van der Waals surface area contributed by atoms with Crippen LogP contribution in [0.25, 0.3) is 22.5 Å². The first kappa shape index (κ1) is 21.5. The van der Waals surface area contributed by atoms with Crippen LogP contribution in [0.15, 0.2) is 89.8 Å². The molecule has 2 N–H and O–H groups in total. The van der Waals surface area contributed by atoms with Crippen molar-refractivity contribution in [2.45, 2.75) is 18.7 Å². The van der Waals surface area contributed by atoms with Crippen LogP contribution >= 0.6 is 0 Å². The largest absolute Gasteiger partial charge is 0.267 e. The molecule has 0 aliphatic rings. The maximum Gasteiger partial charge on any atom is 0.238 e. The molecule has 6 heteroatoms. The first-order chi connectivity index (χ1) is 14.2. The molecule has 30 heavy (non-hydrogen) atoms. The van der Waals surface area contributed by atoms with Gasteiger partial charge in [0.2, 0.25) is 10.0 Å². The summed E-state index contributed by atoms with van der Waals surface area (Å²) in [4.78, 5) is 0.156. The summed E-state index contributed by atoms with van der Waals surface area (Å²) in [6.07, 6.45) is 0. The number of aromatic nitrogens is 2. The smallest absolute Gasteiger partial charge is 0.238 e. The molecule has 5 nitrogen and oxygen atoms in total. The van der Waals surface area contributed by atoms with E-state index in [1.54, 1.807) is 12.1 Å². The van der Waals surface area contributed by atoms with E-state index in [0.29, 0.717) is 0 Å². The van der Waals surface area contributed by atoms with Crippen molar-refractivity contribution in [3.8, 4) is 22.5 Å². The Morgan fingerprint density at radius 1 is 0.767 bits per heavy atom. The highest BCUT2D eigenvalue weighted by Gasteiger charge is 2.08. The second-order valence-corrected chi connectivity index (χ2v) is 8.69. The van der Waals surface area contributed by atoms with E-state index in [4.69, 9.17) is 5.14 Å². The summed E-state index contributed by atoms with van der Waals surface area (Å²) < 4.78 is 23.4. The van der Waals surface area contributed by atoms with Gasteiger partial charge in [-0.25, -0.2) is 13.6 Å². The van der Waals surface area contributed by atoms with E-state index in [0.717, 1.165) is 22.5 Å². The van der Waals surface area contributed by atoms with Gasteiger partial charge in [-0.05, 0) is 37.6 Å².